The Morgan fingerprint density at radius 2 is 2.07 bits per heavy atom. The molecule has 0 amide bonds. The third-order valence-electron chi connectivity index (χ3n) is 1.97. The predicted molar refractivity (Wildman–Crippen MR) is 63.9 cm³/mol. The van der Waals surface area contributed by atoms with Crippen molar-refractivity contribution in [3.8, 4) is 0 Å². The monoisotopic (exact) mass is 325 g/mol. The summed E-state index contributed by atoms with van der Waals surface area (Å²) in [5.41, 5.74) is 6.36. The Morgan fingerprint density at radius 3 is 2.71 bits per heavy atom. The summed E-state index contributed by atoms with van der Waals surface area (Å²) < 4.78 is 26.7. The highest BCUT2D eigenvalue weighted by Gasteiger charge is 2.15. The van der Waals surface area contributed by atoms with Crippen LogP contribution < -0.4 is 5.73 Å². The highest BCUT2D eigenvalue weighted by Crippen LogP contribution is 2.37. The molecule has 0 spiro atoms. The maximum atomic E-state index is 12.6. The molecule has 0 fully saturated rings. The summed E-state index contributed by atoms with van der Waals surface area (Å²) in [6.45, 7) is 0. The molecule has 2 N–H and O–H groups in total. The van der Waals surface area contributed by atoms with E-state index in [1.165, 1.54) is 17.4 Å². The minimum atomic E-state index is -2.44. The van der Waals surface area contributed by atoms with Gasteiger partial charge >= 0.3 is 0 Å². The van der Waals surface area contributed by atoms with Crippen molar-refractivity contribution < 1.29 is 8.78 Å². The number of hydrogen-bond acceptors (Lipinski definition) is 2. The number of thiophene rings is 1. The summed E-state index contributed by atoms with van der Waals surface area (Å²) >= 11 is 3.42. The van der Waals surface area contributed by atoms with Crippen molar-refractivity contribution in [2.24, 2.45) is 0 Å². The first kappa shape index (κ1) is 10.1. The minimum Gasteiger partial charge on any atom is -0.398 e. The van der Waals surface area contributed by atoms with E-state index in [4.69, 9.17) is 5.73 Å². The number of rotatable bonds is 1. The third kappa shape index (κ3) is 1.48. The van der Waals surface area contributed by atoms with E-state index in [2.05, 4.69) is 22.6 Å². The van der Waals surface area contributed by atoms with Gasteiger partial charge in [0.25, 0.3) is 6.43 Å². The van der Waals surface area contributed by atoms with Crippen LogP contribution >= 0.6 is 33.9 Å². The van der Waals surface area contributed by atoms with Crippen LogP contribution in [0.25, 0.3) is 10.1 Å². The molecule has 2 rings (SSSR count). The second-order valence-corrected chi connectivity index (χ2v) is 4.87. The van der Waals surface area contributed by atoms with Crippen molar-refractivity contribution in [1.82, 2.24) is 0 Å². The molecule has 1 aromatic carbocycles. The molecule has 0 unspecified atom stereocenters. The molecule has 1 aromatic heterocycles. The number of nitrogens with two attached hydrogens (primary N) is 1. The lowest BCUT2D eigenvalue weighted by Crippen LogP contribution is -1.90. The van der Waals surface area contributed by atoms with Crippen LogP contribution in [0.1, 0.15) is 12.0 Å². The molecule has 0 bridgehead atoms. The Kier molecular flexibility index (Phi) is 2.61. The largest absolute Gasteiger partial charge is 0.398 e. The zero-order valence-electron chi connectivity index (χ0n) is 6.93. The molecule has 2 aromatic rings. The van der Waals surface area contributed by atoms with Crippen LogP contribution in [0.4, 0.5) is 14.5 Å². The van der Waals surface area contributed by atoms with Gasteiger partial charge < -0.3 is 5.73 Å². The van der Waals surface area contributed by atoms with Crippen LogP contribution in [-0.4, -0.2) is 0 Å². The van der Waals surface area contributed by atoms with Gasteiger partial charge in [0, 0.05) is 30.3 Å². The molecular formula is C9H6F2INS. The van der Waals surface area contributed by atoms with E-state index in [0.29, 0.717) is 10.4 Å². The maximum Gasteiger partial charge on any atom is 0.265 e. The molecule has 0 aliphatic heterocycles. The van der Waals surface area contributed by atoms with Crippen molar-refractivity contribution in [3.63, 3.8) is 0 Å². The topological polar surface area (TPSA) is 26.0 Å². The van der Waals surface area contributed by atoms with Crippen molar-refractivity contribution in [2.75, 3.05) is 5.73 Å². The molecule has 0 atom stereocenters. The van der Waals surface area contributed by atoms with Gasteiger partial charge in [-0.2, -0.15) is 0 Å². The van der Waals surface area contributed by atoms with Crippen molar-refractivity contribution in [1.29, 1.82) is 0 Å². The van der Waals surface area contributed by atoms with E-state index in [1.807, 2.05) is 5.38 Å². The van der Waals surface area contributed by atoms with E-state index < -0.39 is 6.43 Å². The quantitative estimate of drug-likeness (QED) is 0.622. The molecular weight excluding hydrogens is 319 g/mol. The summed E-state index contributed by atoms with van der Waals surface area (Å²) in [7, 11) is 0. The number of alkyl halides is 2. The number of nitrogen functional groups attached to an aromatic ring is 1. The van der Waals surface area contributed by atoms with Crippen LogP contribution in [0.3, 0.4) is 0 Å². The van der Waals surface area contributed by atoms with E-state index in [1.54, 1.807) is 6.07 Å². The smallest absolute Gasteiger partial charge is 0.265 e. The highest BCUT2D eigenvalue weighted by molar-refractivity contribution is 14.1. The Bertz CT molecular complexity index is 481. The van der Waals surface area contributed by atoms with Gasteiger partial charge in [-0.15, -0.1) is 11.3 Å². The molecule has 1 nitrogen and oxygen atoms in total. The predicted octanol–water partition coefficient (Wildman–Crippen LogP) is 4.03. The molecule has 14 heavy (non-hydrogen) atoms. The van der Waals surface area contributed by atoms with Crippen LogP contribution in [0.5, 0.6) is 0 Å². The second kappa shape index (κ2) is 3.62. The molecule has 0 aliphatic rings. The van der Waals surface area contributed by atoms with Gasteiger partial charge in [0.05, 0.1) is 0 Å². The lowest BCUT2D eigenvalue weighted by atomic mass is 10.1. The fourth-order valence-electron chi connectivity index (χ4n) is 1.33. The van der Waals surface area contributed by atoms with E-state index in [0.717, 1.165) is 8.96 Å². The number of halogens is 3. The summed E-state index contributed by atoms with van der Waals surface area (Å²) in [5, 5.41) is 2.60. The Balaban J connectivity index is 2.83. The first-order chi connectivity index (χ1) is 6.61. The highest BCUT2D eigenvalue weighted by atomic mass is 127. The minimum absolute atomic E-state index is 0.0714. The lowest BCUT2D eigenvalue weighted by Gasteiger charge is -2.03. The van der Waals surface area contributed by atoms with Gasteiger partial charge in [-0.1, -0.05) is 0 Å². The SMILES string of the molecule is Nc1ccc(C(F)F)c2scc(I)c12. The van der Waals surface area contributed by atoms with Gasteiger partial charge in [-0.05, 0) is 34.7 Å². The Morgan fingerprint density at radius 1 is 1.36 bits per heavy atom. The molecule has 74 valence electrons. The number of anilines is 1. The zero-order valence-corrected chi connectivity index (χ0v) is 9.90. The number of hydrogen-bond donors (Lipinski definition) is 1. The average molecular weight is 325 g/mol. The summed E-state index contributed by atoms with van der Waals surface area (Å²) in [5.74, 6) is 0. The van der Waals surface area contributed by atoms with Crippen LogP contribution in [0, 0.1) is 3.57 Å². The van der Waals surface area contributed by atoms with E-state index >= 15 is 0 Å². The fourth-order valence-corrected chi connectivity index (χ4v) is 3.45. The van der Waals surface area contributed by atoms with Gasteiger partial charge in [-0.3, -0.25) is 0 Å². The molecule has 0 saturated heterocycles. The number of benzene rings is 1. The summed E-state index contributed by atoms with van der Waals surface area (Å²) in [6.07, 6.45) is -2.44. The van der Waals surface area contributed by atoms with Crippen molar-refractivity contribution in [2.45, 2.75) is 6.43 Å². The third-order valence-corrected chi connectivity index (χ3v) is 4.28. The van der Waals surface area contributed by atoms with Crippen molar-refractivity contribution in [3.05, 3.63) is 26.6 Å². The van der Waals surface area contributed by atoms with E-state index in [9.17, 15) is 8.78 Å². The first-order valence-electron chi connectivity index (χ1n) is 3.84. The summed E-state index contributed by atoms with van der Waals surface area (Å²) in [6, 6.07) is 2.94. The number of fused-ring (bicyclic) bond motifs is 1. The van der Waals surface area contributed by atoms with Gasteiger partial charge in [-0.25, -0.2) is 8.78 Å². The van der Waals surface area contributed by atoms with Gasteiger partial charge in [0.15, 0.2) is 0 Å². The Labute approximate surface area is 97.1 Å². The summed E-state index contributed by atoms with van der Waals surface area (Å²) in [4.78, 5) is 0. The van der Waals surface area contributed by atoms with Gasteiger partial charge in [0.2, 0.25) is 0 Å². The van der Waals surface area contributed by atoms with Crippen LogP contribution in [0.15, 0.2) is 17.5 Å². The molecule has 0 aliphatic carbocycles. The van der Waals surface area contributed by atoms with Crippen molar-refractivity contribution >= 4 is 49.7 Å². The lowest BCUT2D eigenvalue weighted by molar-refractivity contribution is 0.153. The maximum absolute atomic E-state index is 12.6. The normalized spacial score (nSPS) is 11.4. The fraction of sp³-hybridized carbons (Fsp3) is 0.111. The van der Waals surface area contributed by atoms with E-state index in [-0.39, 0.29) is 5.56 Å². The molecule has 0 radical (unpaired) electrons. The first-order valence-corrected chi connectivity index (χ1v) is 5.80. The molecule has 0 saturated carbocycles. The van der Waals surface area contributed by atoms with Gasteiger partial charge in [0.1, 0.15) is 0 Å². The zero-order chi connectivity index (χ0) is 10.3. The average Bonchev–Trinajstić information content (AvgIpc) is 2.49. The van der Waals surface area contributed by atoms with Crippen LogP contribution in [0.2, 0.25) is 0 Å². The molecule has 5 heteroatoms. The Hall–Kier alpha value is -0.430. The standard InChI is InChI=1S/C9H6F2INS/c10-9(11)4-1-2-6(13)7-5(12)3-14-8(4)7/h1-3,9H,13H2. The second-order valence-electron chi connectivity index (χ2n) is 2.83. The van der Waals surface area contributed by atoms with Crippen LogP contribution in [-0.2, 0) is 0 Å². The molecule has 1 heterocycles.